The van der Waals surface area contributed by atoms with Gasteiger partial charge in [0.25, 0.3) is 0 Å². The highest BCUT2D eigenvalue weighted by molar-refractivity contribution is 9.10. The summed E-state index contributed by atoms with van der Waals surface area (Å²) >= 11 is 3.27. The Kier molecular flexibility index (Phi) is 3.65. The molecule has 96 valence electrons. The molecule has 2 rings (SSSR count). The molecule has 0 N–H and O–H groups in total. The molecule has 0 bridgehead atoms. The Balaban J connectivity index is 2.33. The van der Waals surface area contributed by atoms with Crippen molar-refractivity contribution in [3.05, 3.63) is 41.1 Å². The van der Waals surface area contributed by atoms with E-state index in [1.807, 2.05) is 0 Å². The number of hydrogen-bond acceptors (Lipinski definition) is 2. The smallest absolute Gasteiger partial charge is 0.422 e. The lowest BCUT2D eigenvalue weighted by molar-refractivity contribution is -0.153. The molecule has 2 nitrogen and oxygen atoms in total. The van der Waals surface area contributed by atoms with Gasteiger partial charge in [0.05, 0.1) is 11.8 Å². The van der Waals surface area contributed by atoms with Crippen LogP contribution in [0, 0.1) is 0 Å². The molecule has 0 atom stereocenters. The van der Waals surface area contributed by atoms with E-state index in [0.29, 0.717) is 15.8 Å². The van der Waals surface area contributed by atoms with Crippen LogP contribution in [0.5, 0.6) is 5.75 Å². The Bertz CT molecular complexity index is 521. The second-order valence-corrected chi connectivity index (χ2v) is 4.35. The van der Waals surface area contributed by atoms with Gasteiger partial charge in [-0.2, -0.15) is 13.2 Å². The maximum Gasteiger partial charge on any atom is 0.422 e. The average Bonchev–Trinajstić information content (AvgIpc) is 2.78. The Morgan fingerprint density at radius 1 is 1.17 bits per heavy atom. The summed E-state index contributed by atoms with van der Waals surface area (Å²) in [7, 11) is 0. The third kappa shape index (κ3) is 3.07. The second kappa shape index (κ2) is 5.06. The second-order valence-electron chi connectivity index (χ2n) is 3.49. The van der Waals surface area contributed by atoms with E-state index in [0.717, 1.165) is 0 Å². The summed E-state index contributed by atoms with van der Waals surface area (Å²) in [6.07, 6.45) is -2.93. The Labute approximate surface area is 109 Å². The van der Waals surface area contributed by atoms with Gasteiger partial charge in [-0.05, 0) is 40.2 Å². The van der Waals surface area contributed by atoms with Crippen molar-refractivity contribution in [3.63, 3.8) is 0 Å². The number of halogens is 4. The molecule has 18 heavy (non-hydrogen) atoms. The topological polar surface area (TPSA) is 22.4 Å². The molecule has 1 aromatic carbocycles. The van der Waals surface area contributed by atoms with Gasteiger partial charge in [0, 0.05) is 4.47 Å². The van der Waals surface area contributed by atoms with Crippen LogP contribution in [0.15, 0.2) is 45.5 Å². The lowest BCUT2D eigenvalue weighted by atomic mass is 10.1. The molecule has 0 amide bonds. The highest BCUT2D eigenvalue weighted by Crippen LogP contribution is 2.37. The number of benzene rings is 1. The first-order chi connectivity index (χ1) is 8.47. The van der Waals surface area contributed by atoms with E-state index in [9.17, 15) is 13.2 Å². The van der Waals surface area contributed by atoms with Crippen LogP contribution in [-0.4, -0.2) is 12.8 Å². The SMILES string of the molecule is FC(F)(F)COc1cccc(Br)c1-c1ccco1. The zero-order valence-corrected chi connectivity index (χ0v) is 10.6. The molecule has 0 fully saturated rings. The normalized spacial score (nSPS) is 11.6. The van der Waals surface area contributed by atoms with Crippen LogP contribution >= 0.6 is 15.9 Å². The molecule has 0 radical (unpaired) electrons. The maximum atomic E-state index is 12.2. The van der Waals surface area contributed by atoms with E-state index in [4.69, 9.17) is 9.15 Å². The summed E-state index contributed by atoms with van der Waals surface area (Å²) in [6.45, 7) is -1.34. The van der Waals surface area contributed by atoms with Crippen molar-refractivity contribution >= 4 is 15.9 Å². The fraction of sp³-hybridized carbons (Fsp3) is 0.167. The summed E-state index contributed by atoms with van der Waals surface area (Å²) in [5.74, 6) is 0.566. The molecule has 0 unspecified atom stereocenters. The quantitative estimate of drug-likeness (QED) is 0.821. The molecule has 1 heterocycles. The molecule has 1 aromatic heterocycles. The van der Waals surface area contributed by atoms with E-state index in [2.05, 4.69) is 15.9 Å². The molecule has 0 saturated heterocycles. The van der Waals surface area contributed by atoms with E-state index >= 15 is 0 Å². The average molecular weight is 321 g/mol. The van der Waals surface area contributed by atoms with Crippen molar-refractivity contribution in [3.8, 4) is 17.1 Å². The summed E-state index contributed by atoms with van der Waals surface area (Å²) in [4.78, 5) is 0. The van der Waals surface area contributed by atoms with Gasteiger partial charge < -0.3 is 9.15 Å². The molecule has 0 aliphatic rings. The van der Waals surface area contributed by atoms with Crippen LogP contribution in [0.2, 0.25) is 0 Å². The number of furan rings is 1. The molecule has 6 heteroatoms. The first-order valence-electron chi connectivity index (χ1n) is 4.99. The minimum atomic E-state index is -4.37. The van der Waals surface area contributed by atoms with Crippen LogP contribution in [0.4, 0.5) is 13.2 Å². The van der Waals surface area contributed by atoms with Gasteiger partial charge in [0.2, 0.25) is 0 Å². The Morgan fingerprint density at radius 2 is 1.94 bits per heavy atom. The fourth-order valence-electron chi connectivity index (χ4n) is 1.44. The summed E-state index contributed by atoms with van der Waals surface area (Å²) in [5, 5.41) is 0. The van der Waals surface area contributed by atoms with Crippen LogP contribution in [-0.2, 0) is 0 Å². The maximum absolute atomic E-state index is 12.2. The molecular weight excluding hydrogens is 313 g/mol. The van der Waals surface area contributed by atoms with E-state index in [-0.39, 0.29) is 5.75 Å². The molecule has 0 aliphatic heterocycles. The highest BCUT2D eigenvalue weighted by atomic mass is 79.9. The van der Waals surface area contributed by atoms with Crippen molar-refractivity contribution in [1.29, 1.82) is 0 Å². The number of rotatable bonds is 3. The summed E-state index contributed by atoms with van der Waals surface area (Å²) in [6, 6.07) is 8.08. The van der Waals surface area contributed by atoms with Crippen molar-refractivity contribution in [2.45, 2.75) is 6.18 Å². The van der Waals surface area contributed by atoms with Gasteiger partial charge in [-0.3, -0.25) is 0 Å². The van der Waals surface area contributed by atoms with Crippen molar-refractivity contribution in [1.82, 2.24) is 0 Å². The van der Waals surface area contributed by atoms with E-state index in [1.165, 1.54) is 12.3 Å². The number of hydrogen-bond donors (Lipinski definition) is 0. The predicted molar refractivity (Wildman–Crippen MR) is 63.4 cm³/mol. The largest absolute Gasteiger partial charge is 0.483 e. The van der Waals surface area contributed by atoms with Gasteiger partial charge in [-0.15, -0.1) is 0 Å². The fourth-order valence-corrected chi connectivity index (χ4v) is 1.99. The third-order valence-electron chi connectivity index (χ3n) is 2.13. The van der Waals surface area contributed by atoms with Crippen LogP contribution in [0.25, 0.3) is 11.3 Å². The molecule has 2 aromatic rings. The number of alkyl halides is 3. The summed E-state index contributed by atoms with van der Waals surface area (Å²) in [5.41, 5.74) is 0.465. The minimum absolute atomic E-state index is 0.122. The third-order valence-corrected chi connectivity index (χ3v) is 2.80. The number of ether oxygens (including phenoxy) is 1. The van der Waals surface area contributed by atoms with Crippen molar-refractivity contribution in [2.75, 3.05) is 6.61 Å². The van der Waals surface area contributed by atoms with Gasteiger partial charge >= 0.3 is 6.18 Å². The van der Waals surface area contributed by atoms with Crippen molar-refractivity contribution < 1.29 is 22.3 Å². The van der Waals surface area contributed by atoms with Crippen LogP contribution in [0.1, 0.15) is 0 Å². The minimum Gasteiger partial charge on any atom is -0.483 e. The zero-order chi connectivity index (χ0) is 13.2. The van der Waals surface area contributed by atoms with Gasteiger partial charge in [-0.1, -0.05) is 6.07 Å². The first kappa shape index (κ1) is 13.0. The Hall–Kier alpha value is -1.43. The van der Waals surface area contributed by atoms with Crippen LogP contribution in [0.3, 0.4) is 0 Å². The zero-order valence-electron chi connectivity index (χ0n) is 9.00. The van der Waals surface area contributed by atoms with Crippen LogP contribution < -0.4 is 4.74 Å². The molecular formula is C12H8BrF3O2. The predicted octanol–water partition coefficient (Wildman–Crippen LogP) is 4.65. The van der Waals surface area contributed by atoms with Gasteiger partial charge in [-0.25, -0.2) is 0 Å². The molecule has 0 spiro atoms. The van der Waals surface area contributed by atoms with Gasteiger partial charge in [0.1, 0.15) is 11.5 Å². The molecule has 0 saturated carbocycles. The lowest BCUT2D eigenvalue weighted by Crippen LogP contribution is -2.19. The first-order valence-corrected chi connectivity index (χ1v) is 5.78. The monoisotopic (exact) mass is 320 g/mol. The standard InChI is InChI=1S/C12H8BrF3O2/c13-8-3-1-4-10(18-7-12(14,15)16)11(8)9-5-2-6-17-9/h1-6H,7H2. The van der Waals surface area contributed by atoms with E-state index in [1.54, 1.807) is 24.3 Å². The Morgan fingerprint density at radius 3 is 2.56 bits per heavy atom. The molecule has 0 aliphatic carbocycles. The van der Waals surface area contributed by atoms with E-state index < -0.39 is 12.8 Å². The lowest BCUT2D eigenvalue weighted by Gasteiger charge is -2.13. The van der Waals surface area contributed by atoms with Gasteiger partial charge in [0.15, 0.2) is 6.61 Å². The highest BCUT2D eigenvalue weighted by Gasteiger charge is 2.29. The van der Waals surface area contributed by atoms with Crippen molar-refractivity contribution in [2.24, 2.45) is 0 Å². The summed E-state index contributed by atoms with van der Waals surface area (Å²) < 4.78 is 47.0.